The molecule has 4 rings (SSSR count). The van der Waals surface area contributed by atoms with Crippen molar-refractivity contribution in [1.29, 1.82) is 0 Å². The zero-order valence-electron chi connectivity index (χ0n) is 23.4. The summed E-state index contributed by atoms with van der Waals surface area (Å²) < 4.78 is 0. The molecule has 2 aromatic rings. The fourth-order valence-corrected chi connectivity index (χ4v) is 6.89. The molecular weight excluding hydrogens is 432 g/mol. The quantitative estimate of drug-likeness (QED) is 0.196. The first-order chi connectivity index (χ1) is 17.7. The number of aryl methyl sites for hydroxylation is 2. The number of hydrogen-bond acceptors (Lipinski definition) is 0. The first-order valence-corrected chi connectivity index (χ1v) is 15.6. The van der Waals surface area contributed by atoms with Crippen LogP contribution in [0.3, 0.4) is 0 Å². The van der Waals surface area contributed by atoms with Crippen LogP contribution in [-0.2, 0) is 12.8 Å². The molecule has 0 spiro atoms. The molecule has 0 radical (unpaired) electrons. The summed E-state index contributed by atoms with van der Waals surface area (Å²) in [5.74, 6) is 3.75. The standard InChI is InChI=1S/C36H52/c1-3-5-6-10-30-15-23-35(24-16-30)36-27-19-32(20-28-36)12-8-7-11-31-17-25-34(26-18-31)33-21-13-29(9-4-2)14-22-33/h15-17,19-20,23-25,27-29,31,33-34H,3-14,18,21-22,26H2,1-2H3. The zero-order valence-corrected chi connectivity index (χ0v) is 23.4. The Labute approximate surface area is 223 Å². The van der Waals surface area contributed by atoms with Gasteiger partial charge in [0.1, 0.15) is 0 Å². The Morgan fingerprint density at radius 2 is 1.17 bits per heavy atom. The lowest BCUT2D eigenvalue weighted by Crippen LogP contribution is -2.23. The van der Waals surface area contributed by atoms with Gasteiger partial charge in [0.2, 0.25) is 0 Å². The van der Waals surface area contributed by atoms with Crippen LogP contribution in [0.4, 0.5) is 0 Å². The van der Waals surface area contributed by atoms with E-state index in [-0.39, 0.29) is 0 Å². The van der Waals surface area contributed by atoms with Crippen molar-refractivity contribution >= 4 is 0 Å². The molecule has 0 heterocycles. The normalized spacial score (nSPS) is 24.2. The Morgan fingerprint density at radius 3 is 1.69 bits per heavy atom. The van der Waals surface area contributed by atoms with E-state index in [2.05, 4.69) is 74.5 Å². The summed E-state index contributed by atoms with van der Waals surface area (Å²) >= 11 is 0. The third kappa shape index (κ3) is 8.36. The van der Waals surface area contributed by atoms with Gasteiger partial charge in [-0.05, 0) is 104 Å². The van der Waals surface area contributed by atoms with Crippen LogP contribution in [0.5, 0.6) is 0 Å². The minimum atomic E-state index is 0.838. The number of benzene rings is 2. The molecule has 0 saturated heterocycles. The summed E-state index contributed by atoms with van der Waals surface area (Å²) in [5.41, 5.74) is 5.66. The fourth-order valence-electron chi connectivity index (χ4n) is 6.89. The Morgan fingerprint density at radius 1 is 0.556 bits per heavy atom. The van der Waals surface area contributed by atoms with Crippen molar-refractivity contribution in [1.82, 2.24) is 0 Å². The summed E-state index contributed by atoms with van der Waals surface area (Å²) in [4.78, 5) is 0. The van der Waals surface area contributed by atoms with Gasteiger partial charge < -0.3 is 0 Å². The van der Waals surface area contributed by atoms with Crippen molar-refractivity contribution in [3.8, 4) is 11.1 Å². The van der Waals surface area contributed by atoms with Crippen LogP contribution in [0, 0.1) is 23.7 Å². The molecule has 0 amide bonds. The largest absolute Gasteiger partial charge is 0.0851 e. The molecule has 2 aromatic carbocycles. The first kappa shape index (κ1) is 27.2. The van der Waals surface area contributed by atoms with Gasteiger partial charge in [0.25, 0.3) is 0 Å². The van der Waals surface area contributed by atoms with Crippen LogP contribution in [-0.4, -0.2) is 0 Å². The van der Waals surface area contributed by atoms with E-state index in [0.717, 1.165) is 23.7 Å². The van der Waals surface area contributed by atoms with E-state index in [4.69, 9.17) is 0 Å². The highest BCUT2D eigenvalue weighted by Gasteiger charge is 2.27. The van der Waals surface area contributed by atoms with Gasteiger partial charge in [-0.3, -0.25) is 0 Å². The van der Waals surface area contributed by atoms with Crippen LogP contribution in [0.1, 0.15) is 115 Å². The molecule has 2 aliphatic rings. The highest BCUT2D eigenvalue weighted by molar-refractivity contribution is 5.64. The molecule has 0 bridgehead atoms. The van der Waals surface area contributed by atoms with Gasteiger partial charge in [-0.25, -0.2) is 0 Å². The maximum Gasteiger partial charge on any atom is -0.0184 e. The molecule has 2 unspecified atom stereocenters. The zero-order chi connectivity index (χ0) is 25.0. The molecule has 2 atom stereocenters. The predicted octanol–water partition coefficient (Wildman–Crippen LogP) is 11.0. The summed E-state index contributed by atoms with van der Waals surface area (Å²) in [6.45, 7) is 4.62. The third-order valence-electron chi connectivity index (χ3n) is 9.30. The Kier molecular flexibility index (Phi) is 11.2. The highest BCUT2D eigenvalue weighted by Crippen LogP contribution is 2.40. The van der Waals surface area contributed by atoms with E-state index in [9.17, 15) is 0 Å². The van der Waals surface area contributed by atoms with Crippen LogP contribution < -0.4 is 0 Å². The molecule has 36 heavy (non-hydrogen) atoms. The van der Waals surface area contributed by atoms with Crippen molar-refractivity contribution in [2.24, 2.45) is 23.7 Å². The van der Waals surface area contributed by atoms with Crippen molar-refractivity contribution in [2.75, 3.05) is 0 Å². The van der Waals surface area contributed by atoms with Gasteiger partial charge >= 0.3 is 0 Å². The van der Waals surface area contributed by atoms with Crippen molar-refractivity contribution in [3.63, 3.8) is 0 Å². The Hall–Kier alpha value is -1.82. The summed E-state index contributed by atoms with van der Waals surface area (Å²) in [6.07, 6.45) is 27.4. The average Bonchev–Trinajstić information content (AvgIpc) is 2.93. The van der Waals surface area contributed by atoms with Crippen LogP contribution in [0.25, 0.3) is 11.1 Å². The van der Waals surface area contributed by atoms with Gasteiger partial charge in [0.05, 0.1) is 0 Å². The second kappa shape index (κ2) is 14.8. The number of rotatable bonds is 13. The van der Waals surface area contributed by atoms with Gasteiger partial charge in [-0.1, -0.05) is 119 Å². The van der Waals surface area contributed by atoms with E-state index in [0.29, 0.717) is 0 Å². The molecule has 0 aliphatic heterocycles. The molecule has 0 heteroatoms. The molecule has 0 aromatic heterocycles. The topological polar surface area (TPSA) is 0 Å². The Balaban J connectivity index is 1.13. The molecule has 1 fully saturated rings. The molecular formula is C36H52. The highest BCUT2D eigenvalue weighted by atomic mass is 14.3. The van der Waals surface area contributed by atoms with Crippen molar-refractivity contribution in [3.05, 3.63) is 71.8 Å². The van der Waals surface area contributed by atoms with E-state index >= 15 is 0 Å². The van der Waals surface area contributed by atoms with Gasteiger partial charge in [-0.2, -0.15) is 0 Å². The van der Waals surface area contributed by atoms with Gasteiger partial charge in [0, 0.05) is 0 Å². The Bertz CT molecular complexity index is 879. The summed E-state index contributed by atoms with van der Waals surface area (Å²) in [7, 11) is 0. The second-order valence-electron chi connectivity index (χ2n) is 12.1. The van der Waals surface area contributed by atoms with Crippen LogP contribution in [0.2, 0.25) is 0 Å². The smallest absolute Gasteiger partial charge is 0.0184 e. The lowest BCUT2D eigenvalue weighted by molar-refractivity contribution is 0.204. The maximum atomic E-state index is 2.63. The maximum absolute atomic E-state index is 2.63. The van der Waals surface area contributed by atoms with E-state index in [1.54, 1.807) is 0 Å². The SMILES string of the molecule is CCCCCc1ccc(-c2ccc(CCCCC3C=CC(C4CCC(CCC)CC4)CC3)cc2)cc1. The molecule has 2 aliphatic carbocycles. The summed E-state index contributed by atoms with van der Waals surface area (Å²) in [6, 6.07) is 18.6. The monoisotopic (exact) mass is 484 g/mol. The number of hydrogen-bond donors (Lipinski definition) is 0. The van der Waals surface area contributed by atoms with Gasteiger partial charge in [0.15, 0.2) is 0 Å². The van der Waals surface area contributed by atoms with Crippen molar-refractivity contribution in [2.45, 2.75) is 117 Å². The fraction of sp³-hybridized carbons (Fsp3) is 0.611. The van der Waals surface area contributed by atoms with Crippen LogP contribution >= 0.6 is 0 Å². The lowest BCUT2D eigenvalue weighted by Gasteiger charge is -2.35. The molecule has 0 N–H and O–H groups in total. The van der Waals surface area contributed by atoms with E-state index < -0.39 is 0 Å². The number of allylic oxidation sites excluding steroid dienone is 2. The second-order valence-corrected chi connectivity index (χ2v) is 12.1. The molecule has 196 valence electrons. The van der Waals surface area contributed by atoms with E-state index in [1.807, 2.05) is 0 Å². The number of unbranched alkanes of at least 4 members (excludes halogenated alkanes) is 3. The van der Waals surface area contributed by atoms with E-state index in [1.165, 1.54) is 125 Å². The minimum absolute atomic E-state index is 0.838. The first-order valence-electron chi connectivity index (χ1n) is 15.6. The van der Waals surface area contributed by atoms with Crippen molar-refractivity contribution < 1.29 is 0 Å². The summed E-state index contributed by atoms with van der Waals surface area (Å²) in [5, 5.41) is 0. The average molecular weight is 485 g/mol. The third-order valence-corrected chi connectivity index (χ3v) is 9.30. The van der Waals surface area contributed by atoms with Gasteiger partial charge in [-0.15, -0.1) is 0 Å². The lowest BCUT2D eigenvalue weighted by atomic mass is 9.71. The molecule has 1 saturated carbocycles. The van der Waals surface area contributed by atoms with Crippen LogP contribution in [0.15, 0.2) is 60.7 Å². The minimum Gasteiger partial charge on any atom is -0.0851 e. The predicted molar refractivity (Wildman–Crippen MR) is 158 cm³/mol. The molecule has 0 nitrogen and oxygen atoms in total.